The molecule has 44 heavy (non-hydrogen) atoms. The van der Waals surface area contributed by atoms with Gasteiger partial charge in [0.05, 0.1) is 17.5 Å². The maximum absolute atomic E-state index is 13.4. The van der Waals surface area contributed by atoms with Crippen LogP contribution in [0.15, 0.2) is 60.7 Å². The molecule has 2 amide bonds. The molecule has 2 aromatic carbocycles. The summed E-state index contributed by atoms with van der Waals surface area (Å²) in [7, 11) is 0. The second-order valence-corrected chi connectivity index (χ2v) is 12.2. The van der Waals surface area contributed by atoms with Crippen LogP contribution in [0, 0.1) is 17.3 Å². The summed E-state index contributed by atoms with van der Waals surface area (Å²) >= 11 is 0. The molecule has 0 saturated heterocycles. The standard InChI is InChI=1S/C35H44N2O7/c1-4-23(2)30(29(39)22-35(34(43)44)17-11-12-18-35)37-33(42)31(40)24(3)36-32(41)27(19-25-13-7-5-8-14-25)21-28(38)20-26-15-9-6-10-16-26/h5-10,13-16,23-24,27,30H,4,11-12,17-22H2,1-3H3,(H,36,41)(H,37,42)(H,43,44). The van der Waals surface area contributed by atoms with E-state index in [4.69, 9.17) is 0 Å². The van der Waals surface area contributed by atoms with Crippen LogP contribution < -0.4 is 10.6 Å². The van der Waals surface area contributed by atoms with E-state index in [-0.39, 0.29) is 37.4 Å². The molecule has 236 valence electrons. The number of ketones is 3. The number of rotatable bonds is 17. The fourth-order valence-corrected chi connectivity index (χ4v) is 5.87. The van der Waals surface area contributed by atoms with Crippen LogP contribution in [0.3, 0.4) is 0 Å². The number of aliphatic carboxylic acids is 1. The summed E-state index contributed by atoms with van der Waals surface area (Å²) in [5.41, 5.74) is 0.544. The van der Waals surface area contributed by atoms with Gasteiger partial charge >= 0.3 is 5.97 Å². The van der Waals surface area contributed by atoms with Crippen molar-refractivity contribution in [1.82, 2.24) is 10.6 Å². The van der Waals surface area contributed by atoms with E-state index in [0.29, 0.717) is 19.3 Å². The van der Waals surface area contributed by atoms with Crippen LogP contribution >= 0.6 is 0 Å². The van der Waals surface area contributed by atoms with Crippen LogP contribution in [0.25, 0.3) is 0 Å². The highest BCUT2D eigenvalue weighted by molar-refractivity contribution is 6.38. The number of hydrogen-bond acceptors (Lipinski definition) is 6. The molecule has 9 nitrogen and oxygen atoms in total. The molecule has 1 fully saturated rings. The molecule has 0 bridgehead atoms. The lowest BCUT2D eigenvalue weighted by molar-refractivity contribution is -0.151. The first-order valence-electron chi connectivity index (χ1n) is 15.5. The second-order valence-electron chi connectivity index (χ2n) is 12.2. The van der Waals surface area contributed by atoms with Gasteiger partial charge in [-0.1, -0.05) is 93.8 Å². The molecule has 1 aliphatic rings. The van der Waals surface area contributed by atoms with Gasteiger partial charge in [-0.2, -0.15) is 0 Å². The van der Waals surface area contributed by atoms with Crippen molar-refractivity contribution < 1.29 is 33.9 Å². The zero-order valence-corrected chi connectivity index (χ0v) is 25.8. The topological polar surface area (TPSA) is 147 Å². The summed E-state index contributed by atoms with van der Waals surface area (Å²) in [5.74, 6) is -5.13. The van der Waals surface area contributed by atoms with Gasteiger partial charge in [0.15, 0.2) is 5.78 Å². The van der Waals surface area contributed by atoms with E-state index in [9.17, 15) is 33.9 Å². The SMILES string of the molecule is CCC(C)C(NC(=O)C(=O)C(C)NC(=O)C(CC(=O)Cc1ccccc1)Cc1ccccc1)C(=O)CC1(C(=O)O)CCCC1. The molecule has 0 radical (unpaired) electrons. The van der Waals surface area contributed by atoms with Crippen LogP contribution in [-0.4, -0.2) is 52.3 Å². The summed E-state index contributed by atoms with van der Waals surface area (Å²) in [6.07, 6.45) is 2.95. The molecular weight excluding hydrogens is 560 g/mol. The quantitative estimate of drug-likeness (QED) is 0.229. The Balaban J connectivity index is 1.68. The predicted molar refractivity (Wildman–Crippen MR) is 166 cm³/mol. The van der Waals surface area contributed by atoms with Crippen molar-refractivity contribution in [1.29, 1.82) is 0 Å². The van der Waals surface area contributed by atoms with Gasteiger partial charge in [-0.25, -0.2) is 0 Å². The van der Waals surface area contributed by atoms with Crippen molar-refractivity contribution in [2.75, 3.05) is 0 Å². The normalized spacial score (nSPS) is 16.6. The van der Waals surface area contributed by atoms with Crippen LogP contribution in [0.4, 0.5) is 0 Å². The van der Waals surface area contributed by atoms with Crippen LogP contribution in [-0.2, 0) is 41.6 Å². The Labute approximate surface area is 259 Å². The minimum Gasteiger partial charge on any atom is -0.481 e. The molecule has 4 atom stereocenters. The molecule has 0 spiro atoms. The third-order valence-electron chi connectivity index (χ3n) is 8.76. The molecule has 9 heteroatoms. The molecule has 3 N–H and O–H groups in total. The summed E-state index contributed by atoms with van der Waals surface area (Å²) in [5, 5.41) is 15.0. The number of carbonyl (C=O) groups excluding carboxylic acids is 5. The van der Waals surface area contributed by atoms with Gasteiger partial charge in [0.25, 0.3) is 5.91 Å². The number of carbonyl (C=O) groups is 6. The molecule has 1 saturated carbocycles. The highest BCUT2D eigenvalue weighted by Crippen LogP contribution is 2.42. The second kappa shape index (κ2) is 16.1. The van der Waals surface area contributed by atoms with E-state index in [2.05, 4.69) is 10.6 Å². The molecule has 1 aliphatic carbocycles. The Kier molecular flexibility index (Phi) is 12.6. The van der Waals surface area contributed by atoms with E-state index in [1.807, 2.05) is 67.6 Å². The lowest BCUT2D eigenvalue weighted by Gasteiger charge is -2.28. The molecular formula is C35H44N2O7. The zero-order valence-electron chi connectivity index (χ0n) is 25.8. The smallest absolute Gasteiger partial charge is 0.310 e. The molecule has 0 heterocycles. The van der Waals surface area contributed by atoms with E-state index >= 15 is 0 Å². The maximum atomic E-state index is 13.4. The fourth-order valence-electron chi connectivity index (χ4n) is 5.87. The Hall–Kier alpha value is -4.14. The largest absolute Gasteiger partial charge is 0.481 e. The summed E-state index contributed by atoms with van der Waals surface area (Å²) in [4.78, 5) is 77.8. The van der Waals surface area contributed by atoms with Gasteiger partial charge in [-0.3, -0.25) is 28.8 Å². The summed E-state index contributed by atoms with van der Waals surface area (Å²) < 4.78 is 0. The Bertz CT molecular complexity index is 1320. The summed E-state index contributed by atoms with van der Waals surface area (Å²) in [6, 6.07) is 16.2. The number of carboxylic acid groups (broad SMARTS) is 1. The van der Waals surface area contributed by atoms with Gasteiger partial charge in [0.1, 0.15) is 5.78 Å². The Morgan fingerprint density at radius 2 is 1.41 bits per heavy atom. The average Bonchev–Trinajstić information content (AvgIpc) is 3.49. The molecule has 2 aromatic rings. The first-order valence-corrected chi connectivity index (χ1v) is 15.5. The van der Waals surface area contributed by atoms with Gasteiger partial charge < -0.3 is 15.7 Å². The highest BCUT2D eigenvalue weighted by atomic mass is 16.4. The van der Waals surface area contributed by atoms with Gasteiger partial charge in [-0.05, 0) is 43.2 Å². The minimum absolute atomic E-state index is 0.0430. The Morgan fingerprint density at radius 1 is 0.841 bits per heavy atom. The maximum Gasteiger partial charge on any atom is 0.310 e. The van der Waals surface area contributed by atoms with Gasteiger partial charge in [0.2, 0.25) is 11.7 Å². The van der Waals surface area contributed by atoms with Gasteiger partial charge in [0, 0.05) is 25.2 Å². The number of amides is 2. The van der Waals surface area contributed by atoms with Crippen LogP contribution in [0.2, 0.25) is 0 Å². The number of hydrogen-bond donors (Lipinski definition) is 3. The third-order valence-corrected chi connectivity index (χ3v) is 8.76. The van der Waals surface area contributed by atoms with E-state index in [1.165, 1.54) is 6.92 Å². The van der Waals surface area contributed by atoms with Crippen molar-refractivity contribution in [3.8, 4) is 0 Å². The summed E-state index contributed by atoms with van der Waals surface area (Å²) in [6.45, 7) is 5.00. The average molecular weight is 605 g/mol. The predicted octanol–water partition coefficient (Wildman–Crippen LogP) is 4.26. The number of benzene rings is 2. The fraction of sp³-hybridized carbons (Fsp3) is 0.486. The Morgan fingerprint density at radius 3 is 1.95 bits per heavy atom. The highest BCUT2D eigenvalue weighted by Gasteiger charge is 2.45. The zero-order chi connectivity index (χ0) is 32.3. The monoisotopic (exact) mass is 604 g/mol. The van der Waals surface area contributed by atoms with Crippen molar-refractivity contribution in [3.63, 3.8) is 0 Å². The van der Waals surface area contributed by atoms with Crippen molar-refractivity contribution in [2.24, 2.45) is 17.3 Å². The number of carboxylic acids is 1. The van der Waals surface area contributed by atoms with Crippen LogP contribution in [0.5, 0.6) is 0 Å². The number of nitrogens with one attached hydrogen (secondary N) is 2. The minimum atomic E-state index is -1.21. The van der Waals surface area contributed by atoms with Crippen molar-refractivity contribution in [2.45, 2.75) is 90.6 Å². The molecule has 0 aromatic heterocycles. The van der Waals surface area contributed by atoms with E-state index < -0.39 is 52.8 Å². The first kappa shape index (κ1) is 34.4. The van der Waals surface area contributed by atoms with Crippen LogP contribution in [0.1, 0.15) is 76.8 Å². The van der Waals surface area contributed by atoms with Crippen molar-refractivity contribution in [3.05, 3.63) is 71.8 Å². The molecule has 0 aliphatic heterocycles. The third kappa shape index (κ3) is 9.43. The first-order chi connectivity index (χ1) is 21.0. The lowest BCUT2D eigenvalue weighted by Crippen LogP contribution is -2.53. The lowest BCUT2D eigenvalue weighted by atomic mass is 9.78. The van der Waals surface area contributed by atoms with Gasteiger partial charge in [-0.15, -0.1) is 0 Å². The van der Waals surface area contributed by atoms with E-state index in [0.717, 1.165) is 24.0 Å². The number of Topliss-reactive ketones (excluding diaryl/α,β-unsaturated/α-hetero) is 3. The van der Waals surface area contributed by atoms with E-state index in [1.54, 1.807) is 6.92 Å². The van der Waals surface area contributed by atoms with Crippen molar-refractivity contribution >= 4 is 35.1 Å². The molecule has 4 unspecified atom stereocenters. The molecule has 3 rings (SSSR count).